The Labute approximate surface area is 89.9 Å². The summed E-state index contributed by atoms with van der Waals surface area (Å²) in [7, 11) is 1.86. The maximum Gasteiger partial charge on any atom is 0.123 e. The fourth-order valence-electron chi connectivity index (χ4n) is 1.56. The molecule has 2 N–H and O–H groups in total. The van der Waals surface area contributed by atoms with E-state index in [0.717, 1.165) is 16.7 Å². The van der Waals surface area contributed by atoms with Crippen molar-refractivity contribution in [1.82, 2.24) is 5.32 Å². The number of aryl methyl sites for hydroxylation is 1. The van der Waals surface area contributed by atoms with E-state index in [9.17, 15) is 5.11 Å². The topological polar surface area (TPSA) is 32.3 Å². The Morgan fingerprint density at radius 2 is 2.00 bits per heavy atom. The summed E-state index contributed by atoms with van der Waals surface area (Å²) in [5, 5.41) is 13.7. The highest BCUT2D eigenvalue weighted by molar-refractivity contribution is 6.31. The van der Waals surface area contributed by atoms with Gasteiger partial charge in [-0.3, -0.25) is 0 Å². The van der Waals surface area contributed by atoms with E-state index in [-0.39, 0.29) is 6.04 Å². The minimum atomic E-state index is 0.104. The first-order chi connectivity index (χ1) is 6.49. The van der Waals surface area contributed by atoms with Crippen molar-refractivity contribution in [2.45, 2.75) is 26.8 Å². The Kier molecular flexibility index (Phi) is 3.40. The van der Waals surface area contributed by atoms with Gasteiger partial charge in [0.1, 0.15) is 5.75 Å². The van der Waals surface area contributed by atoms with Crippen molar-refractivity contribution >= 4 is 11.6 Å². The first-order valence-electron chi connectivity index (χ1n) is 4.64. The number of aromatic hydroxyl groups is 1. The van der Waals surface area contributed by atoms with Gasteiger partial charge in [-0.2, -0.15) is 0 Å². The molecule has 0 saturated heterocycles. The number of hydrogen-bond acceptors (Lipinski definition) is 2. The molecule has 0 radical (unpaired) electrons. The van der Waals surface area contributed by atoms with Crippen molar-refractivity contribution in [3.05, 3.63) is 27.8 Å². The maximum absolute atomic E-state index is 9.91. The van der Waals surface area contributed by atoms with Crippen LogP contribution in [-0.2, 0) is 0 Å². The van der Waals surface area contributed by atoms with Gasteiger partial charge < -0.3 is 10.4 Å². The molecule has 0 aliphatic carbocycles. The zero-order chi connectivity index (χ0) is 10.9. The molecule has 3 heteroatoms. The Bertz CT molecular complexity index is 323. The van der Waals surface area contributed by atoms with Gasteiger partial charge >= 0.3 is 0 Å². The zero-order valence-electron chi connectivity index (χ0n) is 8.98. The molecule has 0 bridgehead atoms. The fourth-order valence-corrected chi connectivity index (χ4v) is 1.83. The molecule has 0 unspecified atom stereocenters. The second-order valence-corrected chi connectivity index (χ2v) is 3.98. The first-order valence-corrected chi connectivity index (χ1v) is 5.02. The highest BCUT2D eigenvalue weighted by Crippen LogP contribution is 2.34. The van der Waals surface area contributed by atoms with Crippen LogP contribution in [0.3, 0.4) is 0 Å². The predicted molar refractivity (Wildman–Crippen MR) is 60.1 cm³/mol. The molecule has 0 heterocycles. The Balaban J connectivity index is 3.39. The lowest BCUT2D eigenvalue weighted by Crippen LogP contribution is -2.14. The van der Waals surface area contributed by atoms with Crippen LogP contribution in [0.25, 0.3) is 0 Å². The molecule has 78 valence electrons. The molecule has 0 fully saturated rings. The largest absolute Gasteiger partial charge is 0.507 e. The van der Waals surface area contributed by atoms with Crippen LogP contribution in [0.15, 0.2) is 6.07 Å². The van der Waals surface area contributed by atoms with E-state index in [0.29, 0.717) is 10.8 Å². The lowest BCUT2D eigenvalue weighted by molar-refractivity contribution is 0.453. The molecule has 0 aliphatic heterocycles. The van der Waals surface area contributed by atoms with Crippen LogP contribution < -0.4 is 5.32 Å². The van der Waals surface area contributed by atoms with Gasteiger partial charge in [-0.05, 0) is 45.0 Å². The fraction of sp³-hybridized carbons (Fsp3) is 0.455. The van der Waals surface area contributed by atoms with Crippen LogP contribution in [0.2, 0.25) is 5.02 Å². The highest BCUT2D eigenvalue weighted by atomic mass is 35.5. The van der Waals surface area contributed by atoms with E-state index < -0.39 is 0 Å². The molecule has 0 aromatic heterocycles. The third-order valence-electron chi connectivity index (χ3n) is 2.60. The van der Waals surface area contributed by atoms with Gasteiger partial charge in [0.05, 0.1) is 0 Å². The Morgan fingerprint density at radius 3 is 2.50 bits per heavy atom. The van der Waals surface area contributed by atoms with Crippen LogP contribution in [0.4, 0.5) is 0 Å². The molecular weight excluding hydrogens is 198 g/mol. The van der Waals surface area contributed by atoms with Crippen molar-refractivity contribution in [2.75, 3.05) is 7.05 Å². The number of phenols is 1. The van der Waals surface area contributed by atoms with Crippen molar-refractivity contribution < 1.29 is 5.11 Å². The van der Waals surface area contributed by atoms with Crippen molar-refractivity contribution in [2.24, 2.45) is 0 Å². The smallest absolute Gasteiger partial charge is 0.123 e. The number of rotatable bonds is 2. The van der Waals surface area contributed by atoms with Crippen LogP contribution in [0.1, 0.15) is 29.7 Å². The van der Waals surface area contributed by atoms with E-state index in [1.165, 1.54) is 0 Å². The lowest BCUT2D eigenvalue weighted by atomic mass is 9.98. The molecule has 2 nitrogen and oxygen atoms in total. The van der Waals surface area contributed by atoms with Crippen LogP contribution in [0, 0.1) is 13.8 Å². The zero-order valence-corrected chi connectivity index (χ0v) is 9.74. The second-order valence-electron chi connectivity index (χ2n) is 3.57. The molecule has 0 aliphatic rings. The van der Waals surface area contributed by atoms with Gasteiger partial charge in [0.15, 0.2) is 0 Å². The monoisotopic (exact) mass is 213 g/mol. The number of benzene rings is 1. The van der Waals surface area contributed by atoms with Crippen molar-refractivity contribution in [3.8, 4) is 5.75 Å². The van der Waals surface area contributed by atoms with E-state index in [1.807, 2.05) is 27.8 Å². The van der Waals surface area contributed by atoms with Gasteiger partial charge in [0, 0.05) is 16.6 Å². The molecule has 0 amide bonds. The maximum atomic E-state index is 9.91. The predicted octanol–water partition coefficient (Wildman–Crippen LogP) is 2.94. The van der Waals surface area contributed by atoms with Crippen LogP contribution >= 0.6 is 11.6 Å². The number of hydrogen-bond donors (Lipinski definition) is 2. The summed E-state index contributed by atoms with van der Waals surface area (Å²) in [6.45, 7) is 5.77. The summed E-state index contributed by atoms with van der Waals surface area (Å²) in [5.74, 6) is 0.341. The highest BCUT2D eigenvalue weighted by Gasteiger charge is 2.15. The summed E-state index contributed by atoms with van der Waals surface area (Å²) in [4.78, 5) is 0. The van der Waals surface area contributed by atoms with E-state index in [2.05, 4.69) is 5.32 Å². The summed E-state index contributed by atoms with van der Waals surface area (Å²) in [5.41, 5.74) is 2.65. The van der Waals surface area contributed by atoms with Crippen LogP contribution in [0.5, 0.6) is 5.75 Å². The third kappa shape index (κ3) is 1.86. The quantitative estimate of drug-likeness (QED) is 0.792. The van der Waals surface area contributed by atoms with Gasteiger partial charge in [-0.1, -0.05) is 11.6 Å². The van der Waals surface area contributed by atoms with E-state index >= 15 is 0 Å². The average Bonchev–Trinajstić information content (AvgIpc) is 2.15. The van der Waals surface area contributed by atoms with E-state index in [1.54, 1.807) is 6.07 Å². The van der Waals surface area contributed by atoms with Crippen LogP contribution in [-0.4, -0.2) is 12.2 Å². The molecule has 1 rings (SSSR count). The molecular formula is C11H16ClNO. The summed E-state index contributed by atoms with van der Waals surface area (Å²) in [6.07, 6.45) is 0. The van der Waals surface area contributed by atoms with E-state index in [4.69, 9.17) is 11.6 Å². The lowest BCUT2D eigenvalue weighted by Gasteiger charge is -2.18. The summed E-state index contributed by atoms with van der Waals surface area (Å²) in [6, 6.07) is 1.89. The summed E-state index contributed by atoms with van der Waals surface area (Å²) < 4.78 is 0. The standard InChI is InChI=1S/C11H16ClNO/c1-6-5-9(12)7(2)10(11(6)14)8(3)13-4/h5,8,13-14H,1-4H3/t8-/m1/s1. The summed E-state index contributed by atoms with van der Waals surface area (Å²) >= 11 is 6.05. The first kappa shape index (κ1) is 11.3. The number of halogens is 1. The molecule has 1 aromatic carbocycles. The number of phenolic OH excluding ortho intramolecular Hbond substituents is 1. The molecule has 0 spiro atoms. The minimum absolute atomic E-state index is 0.104. The van der Waals surface area contributed by atoms with Crippen molar-refractivity contribution in [3.63, 3.8) is 0 Å². The third-order valence-corrected chi connectivity index (χ3v) is 2.99. The Hall–Kier alpha value is -0.730. The second kappa shape index (κ2) is 4.20. The normalized spacial score (nSPS) is 12.9. The van der Waals surface area contributed by atoms with Gasteiger partial charge in [-0.25, -0.2) is 0 Å². The molecule has 0 saturated carbocycles. The molecule has 1 aromatic rings. The minimum Gasteiger partial charge on any atom is -0.507 e. The average molecular weight is 214 g/mol. The van der Waals surface area contributed by atoms with Crippen molar-refractivity contribution in [1.29, 1.82) is 0 Å². The SMILES string of the molecule is CN[C@H](C)c1c(C)c(Cl)cc(C)c1O. The van der Waals surface area contributed by atoms with Gasteiger partial charge in [0.2, 0.25) is 0 Å². The van der Waals surface area contributed by atoms with Gasteiger partial charge in [0.25, 0.3) is 0 Å². The Morgan fingerprint density at radius 1 is 1.43 bits per heavy atom. The van der Waals surface area contributed by atoms with Gasteiger partial charge in [-0.15, -0.1) is 0 Å². The molecule has 1 atom stereocenters. The molecule has 14 heavy (non-hydrogen) atoms. The number of nitrogens with one attached hydrogen (secondary N) is 1.